The van der Waals surface area contributed by atoms with Gasteiger partial charge in [0.15, 0.2) is 5.58 Å². The van der Waals surface area contributed by atoms with E-state index in [0.29, 0.717) is 0 Å². The van der Waals surface area contributed by atoms with E-state index in [1.165, 1.54) is 75.5 Å². The lowest BCUT2D eigenvalue weighted by molar-refractivity contribution is 0.671. The minimum atomic E-state index is 0.906. The van der Waals surface area contributed by atoms with Gasteiger partial charge >= 0.3 is 0 Å². The maximum Gasteiger partial charge on any atom is 0.160 e. The first-order chi connectivity index (χ1) is 22.9. The summed E-state index contributed by atoms with van der Waals surface area (Å²) in [6.07, 6.45) is 0. The highest BCUT2D eigenvalue weighted by Gasteiger charge is 2.26. The summed E-state index contributed by atoms with van der Waals surface area (Å²) in [4.78, 5) is 0. The number of furan rings is 1. The first kappa shape index (κ1) is 24.2. The van der Waals surface area contributed by atoms with Crippen LogP contribution in [0.5, 0.6) is 0 Å². The van der Waals surface area contributed by atoms with Crippen LogP contribution in [0.1, 0.15) is 0 Å². The highest BCUT2D eigenvalue weighted by atomic mass is 16.3. The Hall–Kier alpha value is -6.12. The highest BCUT2D eigenvalue weighted by molar-refractivity contribution is 6.44. The van der Waals surface area contributed by atoms with E-state index >= 15 is 0 Å². The van der Waals surface area contributed by atoms with Crippen molar-refractivity contribution in [2.24, 2.45) is 0 Å². The lowest BCUT2D eigenvalue weighted by atomic mass is 9.89. The summed E-state index contributed by atoms with van der Waals surface area (Å²) in [5, 5.41) is 17.3. The Morgan fingerprint density at radius 3 is 1.59 bits per heavy atom. The molecule has 0 saturated carbocycles. The first-order valence-corrected chi connectivity index (χ1v) is 15.9. The average Bonchev–Trinajstić information content (AvgIpc) is 3.68. The molecule has 0 aliphatic carbocycles. The zero-order chi connectivity index (χ0) is 29.9. The Labute approximate surface area is 263 Å². The van der Waals surface area contributed by atoms with E-state index < -0.39 is 0 Å². The van der Waals surface area contributed by atoms with E-state index in [4.69, 9.17) is 4.42 Å². The number of benzene rings is 9. The SMILES string of the molecule is c1ccc2c(c1)cc(-n1c3ccccc3c3c4c5ccccc5c5ccccc5c4c4c5ccccc5oc4c31)c1ccccc12. The number of hydrogen-bond donors (Lipinski definition) is 0. The monoisotopic (exact) mass is 583 g/mol. The molecule has 9 aromatic carbocycles. The first-order valence-electron chi connectivity index (χ1n) is 15.9. The number of rotatable bonds is 1. The molecule has 2 heteroatoms. The van der Waals surface area contributed by atoms with Gasteiger partial charge in [-0.1, -0.05) is 133 Å². The lowest BCUT2D eigenvalue weighted by Crippen LogP contribution is -1.97. The maximum absolute atomic E-state index is 7.01. The van der Waals surface area contributed by atoms with Crippen molar-refractivity contribution < 1.29 is 4.42 Å². The maximum atomic E-state index is 7.01. The van der Waals surface area contributed by atoms with Crippen molar-refractivity contribution in [1.29, 1.82) is 0 Å². The summed E-state index contributed by atoms with van der Waals surface area (Å²) in [7, 11) is 0. The zero-order valence-corrected chi connectivity index (χ0v) is 24.8. The van der Waals surface area contributed by atoms with Crippen LogP contribution in [-0.2, 0) is 0 Å². The Morgan fingerprint density at radius 1 is 0.370 bits per heavy atom. The van der Waals surface area contributed by atoms with Crippen molar-refractivity contribution in [2.45, 2.75) is 0 Å². The molecule has 0 fully saturated rings. The topological polar surface area (TPSA) is 18.1 Å². The number of nitrogens with zero attached hydrogens (tertiary/aromatic N) is 1. The molecule has 0 bridgehead atoms. The minimum absolute atomic E-state index is 0.906. The second-order valence-electron chi connectivity index (χ2n) is 12.4. The van der Waals surface area contributed by atoms with Crippen LogP contribution >= 0.6 is 0 Å². The zero-order valence-electron chi connectivity index (χ0n) is 24.8. The van der Waals surface area contributed by atoms with Crippen LogP contribution in [0.2, 0.25) is 0 Å². The molecular weight excluding hydrogens is 558 g/mol. The van der Waals surface area contributed by atoms with E-state index in [0.717, 1.165) is 27.8 Å². The molecule has 11 aromatic rings. The summed E-state index contributed by atoms with van der Waals surface area (Å²) in [6, 6.07) is 55.1. The highest BCUT2D eigenvalue weighted by Crippen LogP contribution is 2.50. The lowest BCUT2D eigenvalue weighted by Gasteiger charge is -2.16. The predicted octanol–water partition coefficient (Wildman–Crippen LogP) is 12.4. The van der Waals surface area contributed by atoms with Gasteiger partial charge in [-0.15, -0.1) is 0 Å². The van der Waals surface area contributed by atoms with Gasteiger partial charge in [0, 0.05) is 37.7 Å². The van der Waals surface area contributed by atoms with Gasteiger partial charge in [-0.25, -0.2) is 0 Å². The molecule has 0 aliphatic heterocycles. The van der Waals surface area contributed by atoms with Crippen molar-refractivity contribution in [3.8, 4) is 5.69 Å². The van der Waals surface area contributed by atoms with Gasteiger partial charge in [0.25, 0.3) is 0 Å². The molecule has 0 atom stereocenters. The van der Waals surface area contributed by atoms with E-state index in [1.807, 2.05) is 0 Å². The molecule has 0 aliphatic rings. The Bertz CT molecular complexity index is 3080. The molecule has 2 aromatic heterocycles. The van der Waals surface area contributed by atoms with Gasteiger partial charge in [-0.3, -0.25) is 0 Å². The Morgan fingerprint density at radius 2 is 0.870 bits per heavy atom. The van der Waals surface area contributed by atoms with Crippen molar-refractivity contribution in [1.82, 2.24) is 4.57 Å². The molecule has 2 nitrogen and oxygen atoms in total. The van der Waals surface area contributed by atoms with Gasteiger partial charge < -0.3 is 8.98 Å². The van der Waals surface area contributed by atoms with Crippen LogP contribution < -0.4 is 0 Å². The van der Waals surface area contributed by atoms with E-state index in [-0.39, 0.29) is 0 Å². The second kappa shape index (κ2) is 8.74. The van der Waals surface area contributed by atoms with Crippen molar-refractivity contribution in [3.05, 3.63) is 152 Å². The van der Waals surface area contributed by atoms with Gasteiger partial charge in [0.2, 0.25) is 0 Å². The largest absolute Gasteiger partial charge is 0.454 e. The molecule has 46 heavy (non-hydrogen) atoms. The van der Waals surface area contributed by atoms with Crippen molar-refractivity contribution in [2.75, 3.05) is 0 Å². The third-order valence-corrected chi connectivity index (χ3v) is 10.1. The summed E-state index contributed by atoms with van der Waals surface area (Å²) in [5.41, 5.74) is 5.28. The fourth-order valence-corrected chi connectivity index (χ4v) is 8.30. The molecule has 0 unspecified atom stereocenters. The number of aromatic nitrogens is 1. The second-order valence-corrected chi connectivity index (χ2v) is 12.4. The van der Waals surface area contributed by atoms with Crippen molar-refractivity contribution in [3.63, 3.8) is 0 Å². The summed E-state index contributed by atoms with van der Waals surface area (Å²) in [5.74, 6) is 0. The molecular formula is C44H25NO. The van der Waals surface area contributed by atoms with Crippen LogP contribution in [0.15, 0.2) is 156 Å². The number of hydrogen-bond acceptors (Lipinski definition) is 1. The fraction of sp³-hybridized carbons (Fsp3) is 0. The normalized spacial score (nSPS) is 12.3. The minimum Gasteiger partial charge on any atom is -0.454 e. The van der Waals surface area contributed by atoms with Crippen LogP contribution in [0, 0.1) is 0 Å². The Balaban J connectivity index is 1.52. The third kappa shape index (κ3) is 2.96. The Kier molecular flexibility index (Phi) is 4.61. The molecule has 0 saturated heterocycles. The number of para-hydroxylation sites is 2. The van der Waals surface area contributed by atoms with Gasteiger partial charge in [-0.2, -0.15) is 0 Å². The number of fused-ring (bicyclic) bond motifs is 18. The van der Waals surface area contributed by atoms with Crippen LogP contribution in [-0.4, -0.2) is 4.57 Å². The molecule has 0 amide bonds. The van der Waals surface area contributed by atoms with E-state index in [9.17, 15) is 0 Å². The van der Waals surface area contributed by atoms with Crippen LogP contribution in [0.4, 0.5) is 0 Å². The van der Waals surface area contributed by atoms with Gasteiger partial charge in [-0.05, 0) is 55.9 Å². The molecule has 0 N–H and O–H groups in total. The molecule has 0 radical (unpaired) electrons. The van der Waals surface area contributed by atoms with Gasteiger partial charge in [0.1, 0.15) is 5.58 Å². The van der Waals surface area contributed by atoms with Crippen molar-refractivity contribution >= 4 is 97.6 Å². The quantitative estimate of drug-likeness (QED) is 0.176. The summed E-state index contributed by atoms with van der Waals surface area (Å²) < 4.78 is 9.48. The van der Waals surface area contributed by atoms with Crippen LogP contribution in [0.3, 0.4) is 0 Å². The molecule has 0 spiro atoms. The average molecular weight is 584 g/mol. The predicted molar refractivity (Wildman–Crippen MR) is 196 cm³/mol. The molecule has 212 valence electrons. The fourth-order valence-electron chi connectivity index (χ4n) is 8.30. The smallest absolute Gasteiger partial charge is 0.160 e. The summed E-state index contributed by atoms with van der Waals surface area (Å²) >= 11 is 0. The van der Waals surface area contributed by atoms with Crippen LogP contribution in [0.25, 0.3) is 103 Å². The molecule has 11 rings (SSSR count). The summed E-state index contributed by atoms with van der Waals surface area (Å²) in [6.45, 7) is 0. The third-order valence-electron chi connectivity index (χ3n) is 10.1. The van der Waals surface area contributed by atoms with E-state index in [2.05, 4.69) is 156 Å². The standard InChI is InChI=1S/C44H25NO/c1-2-14-27-26(13-1)25-37(31-18-6-3-15-28(27)31)45-36-23-11-9-21-34(36)41-39-32-19-7-4-16-29(32)30-17-5-8-20-33(30)40(39)42-35-22-10-12-24-38(35)46-44(42)43(41)45/h1-25H. The molecule has 2 heterocycles. The van der Waals surface area contributed by atoms with Gasteiger partial charge in [0.05, 0.1) is 16.7 Å². The van der Waals surface area contributed by atoms with E-state index in [1.54, 1.807) is 0 Å².